The van der Waals surface area contributed by atoms with Crippen molar-refractivity contribution in [3.8, 4) is 11.8 Å². The topological polar surface area (TPSA) is 12.0 Å². The zero-order valence-corrected chi connectivity index (χ0v) is 10.6. The fourth-order valence-electron chi connectivity index (χ4n) is 2.16. The molecule has 0 bridgehead atoms. The van der Waals surface area contributed by atoms with Crippen LogP contribution in [0, 0.1) is 17.7 Å². The summed E-state index contributed by atoms with van der Waals surface area (Å²) in [5.41, 5.74) is 1.09. The zero-order chi connectivity index (χ0) is 13.0. The van der Waals surface area contributed by atoms with Crippen LogP contribution in [0.25, 0.3) is 10.8 Å². The van der Waals surface area contributed by atoms with Crippen LogP contribution in [-0.2, 0) is 0 Å². The SMILES string of the molecule is CC#CCC(NC)c1ccc(F)c2ccccc12. The van der Waals surface area contributed by atoms with Crippen LogP contribution in [-0.4, -0.2) is 7.05 Å². The van der Waals surface area contributed by atoms with E-state index in [9.17, 15) is 4.39 Å². The van der Waals surface area contributed by atoms with Gasteiger partial charge in [0.2, 0.25) is 0 Å². The molecule has 2 aromatic carbocycles. The second kappa shape index (κ2) is 5.66. The molecule has 1 unspecified atom stereocenters. The summed E-state index contributed by atoms with van der Waals surface area (Å²) in [7, 11) is 1.90. The lowest BCUT2D eigenvalue weighted by molar-refractivity contribution is 0.610. The summed E-state index contributed by atoms with van der Waals surface area (Å²) in [5, 5.41) is 4.86. The zero-order valence-electron chi connectivity index (χ0n) is 10.6. The van der Waals surface area contributed by atoms with Gasteiger partial charge >= 0.3 is 0 Å². The number of hydrogen-bond donors (Lipinski definition) is 1. The van der Waals surface area contributed by atoms with Gasteiger partial charge in [-0.1, -0.05) is 30.3 Å². The van der Waals surface area contributed by atoms with Crippen molar-refractivity contribution in [2.45, 2.75) is 19.4 Å². The molecule has 2 rings (SSSR count). The first-order valence-corrected chi connectivity index (χ1v) is 6.02. The number of benzene rings is 2. The lowest BCUT2D eigenvalue weighted by Gasteiger charge is -2.16. The summed E-state index contributed by atoms with van der Waals surface area (Å²) in [6, 6.07) is 11.1. The van der Waals surface area contributed by atoms with Crippen molar-refractivity contribution in [1.82, 2.24) is 5.32 Å². The predicted molar refractivity (Wildman–Crippen MR) is 73.8 cm³/mol. The fraction of sp³-hybridized carbons (Fsp3) is 0.250. The van der Waals surface area contributed by atoms with Crippen LogP contribution < -0.4 is 5.32 Å². The average molecular weight is 241 g/mol. The molecule has 92 valence electrons. The van der Waals surface area contributed by atoms with Crippen LogP contribution in [0.1, 0.15) is 24.9 Å². The number of nitrogens with one attached hydrogen (secondary N) is 1. The van der Waals surface area contributed by atoms with Gasteiger partial charge in [-0.25, -0.2) is 4.39 Å². The van der Waals surface area contributed by atoms with Crippen LogP contribution in [0.3, 0.4) is 0 Å². The van der Waals surface area contributed by atoms with E-state index in [1.54, 1.807) is 0 Å². The molecule has 1 N–H and O–H groups in total. The number of hydrogen-bond acceptors (Lipinski definition) is 1. The monoisotopic (exact) mass is 241 g/mol. The highest BCUT2D eigenvalue weighted by Crippen LogP contribution is 2.27. The third-order valence-corrected chi connectivity index (χ3v) is 3.11. The molecule has 0 spiro atoms. The predicted octanol–water partition coefficient (Wildman–Crippen LogP) is 3.65. The van der Waals surface area contributed by atoms with Crippen molar-refractivity contribution in [1.29, 1.82) is 0 Å². The van der Waals surface area contributed by atoms with E-state index in [1.807, 2.05) is 44.3 Å². The Bertz CT molecular complexity index is 607. The lowest BCUT2D eigenvalue weighted by Crippen LogP contribution is -2.16. The molecule has 2 heteroatoms. The second-order valence-electron chi connectivity index (χ2n) is 4.15. The molecule has 0 fully saturated rings. The Morgan fingerprint density at radius 3 is 2.56 bits per heavy atom. The Balaban J connectivity index is 2.55. The van der Waals surface area contributed by atoms with Crippen LogP contribution >= 0.6 is 0 Å². The molecule has 0 aliphatic carbocycles. The normalized spacial score (nSPS) is 11.9. The summed E-state index contributed by atoms with van der Waals surface area (Å²) in [5.74, 6) is 5.79. The van der Waals surface area contributed by atoms with E-state index in [1.165, 1.54) is 6.07 Å². The highest BCUT2D eigenvalue weighted by molar-refractivity contribution is 5.86. The first-order chi connectivity index (χ1) is 8.77. The maximum Gasteiger partial charge on any atom is 0.131 e. The number of rotatable bonds is 3. The molecule has 1 nitrogen and oxygen atoms in total. The van der Waals surface area contributed by atoms with Gasteiger partial charge in [-0.3, -0.25) is 0 Å². The van der Waals surface area contributed by atoms with Gasteiger partial charge in [0.25, 0.3) is 0 Å². The van der Waals surface area contributed by atoms with Crippen LogP contribution in [0.5, 0.6) is 0 Å². The van der Waals surface area contributed by atoms with Crippen molar-refractivity contribution in [3.63, 3.8) is 0 Å². The molecular formula is C16H16FN. The Hall–Kier alpha value is -1.85. The molecule has 0 amide bonds. The molecule has 0 aliphatic heterocycles. The van der Waals surface area contributed by atoms with Gasteiger partial charge in [0.1, 0.15) is 5.82 Å². The molecule has 1 atom stereocenters. The number of halogens is 1. The molecule has 18 heavy (non-hydrogen) atoms. The highest BCUT2D eigenvalue weighted by Gasteiger charge is 2.12. The fourth-order valence-corrected chi connectivity index (χ4v) is 2.16. The Morgan fingerprint density at radius 2 is 1.89 bits per heavy atom. The van der Waals surface area contributed by atoms with Gasteiger partial charge in [0.05, 0.1) is 0 Å². The van der Waals surface area contributed by atoms with Gasteiger partial charge in [-0.15, -0.1) is 11.8 Å². The Labute approximate surface area is 107 Å². The quantitative estimate of drug-likeness (QED) is 0.809. The van der Waals surface area contributed by atoms with Crippen molar-refractivity contribution in [2.75, 3.05) is 7.05 Å². The molecule has 0 aliphatic rings. The van der Waals surface area contributed by atoms with E-state index in [0.717, 1.165) is 17.4 Å². The molecule has 0 saturated heterocycles. The van der Waals surface area contributed by atoms with E-state index in [2.05, 4.69) is 17.2 Å². The van der Waals surface area contributed by atoms with Crippen LogP contribution in [0.4, 0.5) is 4.39 Å². The van der Waals surface area contributed by atoms with Crippen molar-refractivity contribution >= 4 is 10.8 Å². The smallest absolute Gasteiger partial charge is 0.131 e. The number of fused-ring (bicyclic) bond motifs is 1. The van der Waals surface area contributed by atoms with E-state index < -0.39 is 0 Å². The minimum absolute atomic E-state index is 0.128. The minimum Gasteiger partial charge on any atom is -0.312 e. The van der Waals surface area contributed by atoms with E-state index >= 15 is 0 Å². The second-order valence-corrected chi connectivity index (χ2v) is 4.15. The third kappa shape index (κ3) is 2.37. The van der Waals surface area contributed by atoms with E-state index in [0.29, 0.717) is 5.39 Å². The highest BCUT2D eigenvalue weighted by atomic mass is 19.1. The minimum atomic E-state index is -0.175. The van der Waals surface area contributed by atoms with Crippen LogP contribution in [0.2, 0.25) is 0 Å². The molecule has 2 aromatic rings. The van der Waals surface area contributed by atoms with E-state index in [-0.39, 0.29) is 11.9 Å². The van der Waals surface area contributed by atoms with Gasteiger partial charge in [-0.05, 0) is 31.0 Å². The summed E-state index contributed by atoms with van der Waals surface area (Å²) >= 11 is 0. The summed E-state index contributed by atoms with van der Waals surface area (Å²) in [6.45, 7) is 1.83. The largest absolute Gasteiger partial charge is 0.312 e. The molecule has 0 saturated carbocycles. The maximum atomic E-state index is 13.7. The van der Waals surface area contributed by atoms with Gasteiger partial charge in [0, 0.05) is 17.8 Å². The standard InChI is InChI=1S/C16H16FN/c1-3-4-9-16(18-2)14-10-11-15(17)13-8-6-5-7-12(13)14/h5-8,10-11,16,18H,9H2,1-2H3. The average Bonchev–Trinajstić information content (AvgIpc) is 2.42. The molecule has 0 heterocycles. The third-order valence-electron chi connectivity index (χ3n) is 3.11. The molecule has 0 radical (unpaired) electrons. The van der Waals surface area contributed by atoms with Crippen molar-refractivity contribution in [2.24, 2.45) is 0 Å². The van der Waals surface area contributed by atoms with Gasteiger partial charge < -0.3 is 5.32 Å². The Kier molecular flexibility index (Phi) is 3.96. The summed E-state index contributed by atoms with van der Waals surface area (Å²) in [6.07, 6.45) is 0.725. The maximum absolute atomic E-state index is 13.7. The van der Waals surface area contributed by atoms with Crippen LogP contribution in [0.15, 0.2) is 36.4 Å². The first kappa shape index (κ1) is 12.6. The summed E-state index contributed by atoms with van der Waals surface area (Å²) < 4.78 is 13.7. The summed E-state index contributed by atoms with van der Waals surface area (Å²) in [4.78, 5) is 0. The van der Waals surface area contributed by atoms with Crippen molar-refractivity contribution in [3.05, 3.63) is 47.8 Å². The molecular weight excluding hydrogens is 225 g/mol. The van der Waals surface area contributed by atoms with Gasteiger partial charge in [-0.2, -0.15) is 0 Å². The van der Waals surface area contributed by atoms with Crippen molar-refractivity contribution < 1.29 is 4.39 Å². The van der Waals surface area contributed by atoms with E-state index in [4.69, 9.17) is 0 Å². The Morgan fingerprint density at radius 1 is 1.17 bits per heavy atom. The lowest BCUT2D eigenvalue weighted by atomic mass is 9.96. The molecule has 0 aromatic heterocycles. The van der Waals surface area contributed by atoms with Gasteiger partial charge in [0.15, 0.2) is 0 Å². The first-order valence-electron chi connectivity index (χ1n) is 6.02.